The maximum Gasteiger partial charge on any atom is 0.184 e. The second kappa shape index (κ2) is 2.81. The van der Waals surface area contributed by atoms with Gasteiger partial charge in [-0.25, -0.2) is 0 Å². The van der Waals surface area contributed by atoms with Crippen LogP contribution in [0.25, 0.3) is 0 Å². The van der Waals surface area contributed by atoms with Crippen LogP contribution in [0.5, 0.6) is 0 Å². The van der Waals surface area contributed by atoms with Crippen LogP contribution in [0.15, 0.2) is 0 Å². The van der Waals surface area contributed by atoms with Gasteiger partial charge in [-0.2, -0.15) is 0 Å². The summed E-state index contributed by atoms with van der Waals surface area (Å²) in [6.45, 7) is -0.407. The fourth-order valence-electron chi connectivity index (χ4n) is 0.880. The predicted molar refractivity (Wildman–Crippen MR) is 30.0 cm³/mol. The standard InChI is InChI=1S/C5H10O5/c6-1-2-3(7)4(8)5(9)10-2/h2-9H,1H2/t2-,3-,4-,5+/m0/s1. The molecule has 4 atom stereocenters. The van der Waals surface area contributed by atoms with Crippen molar-refractivity contribution in [3.8, 4) is 0 Å². The van der Waals surface area contributed by atoms with Crippen LogP contribution in [0, 0.1) is 0 Å². The lowest BCUT2D eigenvalue weighted by atomic mass is 10.1. The Kier molecular flexibility index (Phi) is 2.22. The van der Waals surface area contributed by atoms with Crippen molar-refractivity contribution in [2.45, 2.75) is 24.6 Å². The van der Waals surface area contributed by atoms with Gasteiger partial charge in [0.1, 0.15) is 18.3 Å². The minimum atomic E-state index is -1.38. The van der Waals surface area contributed by atoms with Gasteiger partial charge >= 0.3 is 0 Å². The number of aliphatic hydroxyl groups is 4. The first-order chi connectivity index (χ1) is 4.66. The third-order valence-electron chi connectivity index (χ3n) is 1.52. The van der Waals surface area contributed by atoms with Gasteiger partial charge in [0, 0.05) is 0 Å². The number of hydrogen-bond donors (Lipinski definition) is 4. The van der Waals surface area contributed by atoms with Gasteiger partial charge in [-0.15, -0.1) is 0 Å². The number of ether oxygens (including phenoxy) is 1. The third kappa shape index (κ3) is 1.14. The second-order valence-electron chi connectivity index (χ2n) is 2.23. The van der Waals surface area contributed by atoms with Gasteiger partial charge in [-0.05, 0) is 0 Å². The largest absolute Gasteiger partial charge is 0.394 e. The first-order valence-corrected chi connectivity index (χ1v) is 2.97. The van der Waals surface area contributed by atoms with Gasteiger partial charge in [-0.3, -0.25) is 0 Å². The Hall–Kier alpha value is -0.200. The summed E-state index contributed by atoms with van der Waals surface area (Å²) in [4.78, 5) is 0. The zero-order valence-electron chi connectivity index (χ0n) is 5.21. The van der Waals surface area contributed by atoms with Gasteiger partial charge in [0.25, 0.3) is 0 Å². The topological polar surface area (TPSA) is 90.2 Å². The van der Waals surface area contributed by atoms with Crippen LogP contribution >= 0.6 is 0 Å². The molecule has 1 fully saturated rings. The van der Waals surface area contributed by atoms with Crippen LogP contribution in [0.4, 0.5) is 0 Å². The van der Waals surface area contributed by atoms with Crippen molar-refractivity contribution in [1.82, 2.24) is 0 Å². The summed E-state index contributed by atoms with van der Waals surface area (Å²) in [6, 6.07) is 0. The molecule has 5 heteroatoms. The SMILES string of the molecule is OC[C@@H]1O[C@@H](O)[C@@H](O)[C@H]1O. The zero-order valence-corrected chi connectivity index (χ0v) is 5.21. The van der Waals surface area contributed by atoms with E-state index in [2.05, 4.69) is 4.74 Å². The number of aliphatic hydroxyl groups excluding tert-OH is 4. The summed E-state index contributed by atoms with van der Waals surface area (Å²) in [6.07, 6.45) is -4.76. The van der Waals surface area contributed by atoms with E-state index in [1.807, 2.05) is 0 Å². The molecule has 0 aromatic heterocycles. The molecule has 0 aromatic carbocycles. The molecule has 0 radical (unpaired) electrons. The summed E-state index contributed by atoms with van der Waals surface area (Å²) in [5.74, 6) is 0. The molecule has 0 aliphatic carbocycles. The van der Waals surface area contributed by atoms with E-state index in [1.165, 1.54) is 0 Å². The summed E-state index contributed by atoms with van der Waals surface area (Å²) in [5.41, 5.74) is 0. The highest BCUT2D eigenvalue weighted by molar-refractivity contribution is 4.84. The smallest absolute Gasteiger partial charge is 0.184 e. The van der Waals surface area contributed by atoms with Crippen molar-refractivity contribution in [3.05, 3.63) is 0 Å². The monoisotopic (exact) mass is 150 g/mol. The summed E-state index contributed by atoms with van der Waals surface area (Å²) in [5, 5.41) is 35.0. The summed E-state index contributed by atoms with van der Waals surface area (Å²) in [7, 11) is 0. The van der Waals surface area contributed by atoms with E-state index in [1.54, 1.807) is 0 Å². The van der Waals surface area contributed by atoms with Crippen LogP contribution in [-0.4, -0.2) is 51.6 Å². The van der Waals surface area contributed by atoms with Gasteiger partial charge in [0.05, 0.1) is 6.61 Å². The van der Waals surface area contributed by atoms with Crippen LogP contribution in [0.3, 0.4) is 0 Å². The average molecular weight is 150 g/mol. The van der Waals surface area contributed by atoms with Gasteiger partial charge in [0.2, 0.25) is 0 Å². The quantitative estimate of drug-likeness (QED) is 0.329. The highest BCUT2D eigenvalue weighted by atomic mass is 16.6. The minimum Gasteiger partial charge on any atom is -0.394 e. The lowest BCUT2D eigenvalue weighted by Crippen LogP contribution is -2.33. The molecule has 0 aromatic rings. The number of hydrogen-bond acceptors (Lipinski definition) is 5. The zero-order chi connectivity index (χ0) is 7.72. The first kappa shape index (κ1) is 7.90. The molecule has 10 heavy (non-hydrogen) atoms. The van der Waals surface area contributed by atoms with Gasteiger partial charge in [-0.1, -0.05) is 0 Å². The molecule has 0 saturated carbocycles. The molecule has 1 rings (SSSR count). The van der Waals surface area contributed by atoms with Crippen LogP contribution in [0.1, 0.15) is 0 Å². The Bertz CT molecular complexity index is 117. The molecule has 0 spiro atoms. The normalized spacial score (nSPS) is 48.0. The Morgan fingerprint density at radius 3 is 1.90 bits per heavy atom. The Morgan fingerprint density at radius 1 is 1.10 bits per heavy atom. The first-order valence-electron chi connectivity index (χ1n) is 2.97. The summed E-state index contributed by atoms with van der Waals surface area (Å²) >= 11 is 0. The van der Waals surface area contributed by atoms with Crippen LogP contribution in [-0.2, 0) is 4.74 Å². The van der Waals surface area contributed by atoms with Crippen molar-refractivity contribution in [1.29, 1.82) is 0 Å². The molecule has 0 amide bonds. The molecular formula is C5H10O5. The van der Waals surface area contributed by atoms with Gasteiger partial charge in [0.15, 0.2) is 6.29 Å². The van der Waals surface area contributed by atoms with Crippen molar-refractivity contribution in [2.75, 3.05) is 6.61 Å². The predicted octanol–water partition coefficient (Wildman–Crippen LogP) is -2.58. The summed E-state index contributed by atoms with van der Waals surface area (Å²) < 4.78 is 4.54. The molecule has 0 unspecified atom stereocenters. The average Bonchev–Trinajstić information content (AvgIpc) is 2.17. The van der Waals surface area contributed by atoms with E-state index < -0.39 is 31.2 Å². The molecular weight excluding hydrogens is 140 g/mol. The second-order valence-corrected chi connectivity index (χ2v) is 2.23. The minimum absolute atomic E-state index is 0.407. The van der Waals surface area contributed by atoms with Gasteiger partial charge < -0.3 is 25.2 Å². The highest BCUT2D eigenvalue weighted by Gasteiger charge is 2.41. The van der Waals surface area contributed by atoms with E-state index in [4.69, 9.17) is 20.4 Å². The Morgan fingerprint density at radius 2 is 1.70 bits per heavy atom. The molecule has 60 valence electrons. The van der Waals surface area contributed by atoms with Crippen molar-refractivity contribution < 1.29 is 25.2 Å². The fraction of sp³-hybridized carbons (Fsp3) is 1.00. The molecule has 1 aliphatic heterocycles. The lowest BCUT2D eigenvalue weighted by molar-refractivity contribution is -0.132. The molecule has 5 nitrogen and oxygen atoms in total. The molecule has 1 heterocycles. The molecule has 1 aliphatic rings. The van der Waals surface area contributed by atoms with E-state index in [0.717, 1.165) is 0 Å². The van der Waals surface area contributed by atoms with E-state index in [-0.39, 0.29) is 0 Å². The highest BCUT2D eigenvalue weighted by Crippen LogP contribution is 2.18. The Labute approximate surface area is 57.5 Å². The Balaban J connectivity index is 2.53. The molecule has 1 saturated heterocycles. The third-order valence-corrected chi connectivity index (χ3v) is 1.52. The van der Waals surface area contributed by atoms with Crippen LogP contribution in [0.2, 0.25) is 0 Å². The maximum absolute atomic E-state index is 8.93. The van der Waals surface area contributed by atoms with Crippen molar-refractivity contribution >= 4 is 0 Å². The fourth-order valence-corrected chi connectivity index (χ4v) is 0.880. The van der Waals surface area contributed by atoms with Crippen LogP contribution < -0.4 is 0 Å². The molecule has 0 bridgehead atoms. The van der Waals surface area contributed by atoms with E-state index in [9.17, 15) is 0 Å². The van der Waals surface area contributed by atoms with E-state index in [0.29, 0.717) is 0 Å². The lowest BCUT2D eigenvalue weighted by Gasteiger charge is -2.09. The van der Waals surface area contributed by atoms with Crippen molar-refractivity contribution in [2.24, 2.45) is 0 Å². The van der Waals surface area contributed by atoms with E-state index >= 15 is 0 Å². The maximum atomic E-state index is 8.93. The molecule has 4 N–H and O–H groups in total. The van der Waals surface area contributed by atoms with Crippen molar-refractivity contribution in [3.63, 3.8) is 0 Å². The number of rotatable bonds is 1.